The number of ether oxygens (including phenoxy) is 1. The molecule has 2 aliphatic rings. The average molecular weight is 320 g/mol. The van der Waals surface area contributed by atoms with Crippen LogP contribution in [-0.2, 0) is 9.53 Å². The smallest absolute Gasteiger partial charge is 0.309 e. The van der Waals surface area contributed by atoms with E-state index >= 15 is 0 Å². The maximum atomic E-state index is 12.5. The highest BCUT2D eigenvalue weighted by atomic mass is 16.6. The number of hydrogen-bond acceptors (Lipinski definition) is 3. The van der Waals surface area contributed by atoms with E-state index in [2.05, 4.69) is 33.1 Å². The molecule has 0 bridgehead atoms. The minimum Gasteiger partial charge on any atom is -0.459 e. The van der Waals surface area contributed by atoms with Gasteiger partial charge in [-0.15, -0.1) is 6.58 Å². The van der Waals surface area contributed by atoms with Crippen LogP contribution in [0.5, 0.6) is 0 Å². The summed E-state index contributed by atoms with van der Waals surface area (Å²) in [6.07, 6.45) is 6.27. The molecule has 1 heterocycles. The second-order valence-corrected chi connectivity index (χ2v) is 8.41. The Bertz CT molecular complexity index is 488. The van der Waals surface area contributed by atoms with E-state index in [0.29, 0.717) is 11.8 Å². The molecule has 1 aliphatic heterocycles. The highest BCUT2D eigenvalue weighted by molar-refractivity contribution is 5.73. The summed E-state index contributed by atoms with van der Waals surface area (Å²) in [7, 11) is 0. The number of aliphatic hydroxyl groups is 1. The Balaban J connectivity index is 2.08. The van der Waals surface area contributed by atoms with Gasteiger partial charge in [-0.2, -0.15) is 0 Å². The first-order chi connectivity index (χ1) is 10.6. The summed E-state index contributed by atoms with van der Waals surface area (Å²) in [4.78, 5) is 12.5. The maximum Gasteiger partial charge on any atom is 0.309 e. The van der Waals surface area contributed by atoms with Gasteiger partial charge < -0.3 is 9.84 Å². The van der Waals surface area contributed by atoms with Crippen molar-refractivity contribution in [3.05, 3.63) is 24.8 Å². The van der Waals surface area contributed by atoms with Gasteiger partial charge >= 0.3 is 5.97 Å². The molecule has 130 valence electrons. The van der Waals surface area contributed by atoms with Crippen LogP contribution < -0.4 is 0 Å². The zero-order valence-electron chi connectivity index (χ0n) is 15.1. The van der Waals surface area contributed by atoms with Gasteiger partial charge in [0.25, 0.3) is 0 Å². The van der Waals surface area contributed by atoms with E-state index < -0.39 is 5.60 Å². The molecule has 3 nitrogen and oxygen atoms in total. The van der Waals surface area contributed by atoms with Crippen molar-refractivity contribution in [3.63, 3.8) is 0 Å². The standard InChI is InChI=1S/C20H32O3/c1-7-20(6)11-10-14(12-16(20)13(2)3)15-8-9-17(19(4,5)22)23-18(15)21/h7,14-17,22H,1-2,8-12H2,3-6H3/t14-,15+,16+,17+,20-/m0/s1. The Morgan fingerprint density at radius 2 is 2.04 bits per heavy atom. The number of carbonyl (C=O) groups is 1. The van der Waals surface area contributed by atoms with Crippen molar-refractivity contribution < 1.29 is 14.6 Å². The van der Waals surface area contributed by atoms with Crippen LogP contribution >= 0.6 is 0 Å². The Morgan fingerprint density at radius 3 is 2.52 bits per heavy atom. The predicted octanol–water partition coefficient (Wildman–Crippen LogP) is 4.26. The molecule has 1 N–H and O–H groups in total. The fraction of sp³-hybridized carbons (Fsp3) is 0.750. The SMILES string of the molecule is C=C[C@@]1(C)CC[C@H]([C@H]2CC[C@H](C(C)(C)O)OC2=O)C[C@@H]1C(=C)C. The van der Waals surface area contributed by atoms with Gasteiger partial charge in [0.05, 0.1) is 11.5 Å². The number of carbonyl (C=O) groups excluding carboxylic acids is 1. The largest absolute Gasteiger partial charge is 0.459 e. The third-order valence-corrected chi connectivity index (χ3v) is 6.11. The minimum absolute atomic E-state index is 0.0372. The maximum absolute atomic E-state index is 12.5. The monoisotopic (exact) mass is 320 g/mol. The van der Waals surface area contributed by atoms with Crippen molar-refractivity contribution in [2.75, 3.05) is 0 Å². The Kier molecular flexibility index (Phi) is 5.10. The molecule has 1 saturated carbocycles. The first kappa shape index (κ1) is 18.3. The molecule has 0 aromatic carbocycles. The van der Waals surface area contributed by atoms with Gasteiger partial charge in [0.15, 0.2) is 0 Å². The number of allylic oxidation sites excluding steroid dienone is 2. The zero-order chi connectivity index (χ0) is 17.4. The lowest BCUT2D eigenvalue weighted by Crippen LogP contribution is -2.47. The molecule has 2 rings (SSSR count). The lowest BCUT2D eigenvalue weighted by atomic mass is 9.59. The van der Waals surface area contributed by atoms with E-state index in [-0.39, 0.29) is 23.4 Å². The first-order valence-corrected chi connectivity index (χ1v) is 8.80. The molecule has 1 aliphatic carbocycles. The summed E-state index contributed by atoms with van der Waals surface area (Å²) in [5.74, 6) is 0.555. The molecule has 0 amide bonds. The van der Waals surface area contributed by atoms with Crippen LogP contribution in [-0.4, -0.2) is 22.8 Å². The molecule has 0 aromatic heterocycles. The van der Waals surface area contributed by atoms with E-state index in [0.717, 1.165) is 32.1 Å². The summed E-state index contributed by atoms with van der Waals surface area (Å²) in [6.45, 7) is 15.9. The summed E-state index contributed by atoms with van der Waals surface area (Å²) < 4.78 is 5.56. The molecule has 0 spiro atoms. The van der Waals surface area contributed by atoms with Crippen molar-refractivity contribution in [2.45, 2.75) is 71.5 Å². The van der Waals surface area contributed by atoms with E-state index in [1.807, 2.05) is 0 Å². The van der Waals surface area contributed by atoms with Crippen LogP contribution in [0.4, 0.5) is 0 Å². The van der Waals surface area contributed by atoms with Crippen LogP contribution in [0.25, 0.3) is 0 Å². The van der Waals surface area contributed by atoms with Gasteiger partial charge in [0.1, 0.15) is 6.10 Å². The number of rotatable bonds is 4. The lowest BCUT2D eigenvalue weighted by Gasteiger charge is -2.46. The van der Waals surface area contributed by atoms with Crippen LogP contribution in [0.3, 0.4) is 0 Å². The predicted molar refractivity (Wildman–Crippen MR) is 92.9 cm³/mol. The molecule has 5 atom stereocenters. The molecule has 0 aromatic rings. The average Bonchev–Trinajstić information content (AvgIpc) is 2.46. The summed E-state index contributed by atoms with van der Waals surface area (Å²) >= 11 is 0. The Hall–Kier alpha value is -1.09. The van der Waals surface area contributed by atoms with E-state index in [1.165, 1.54) is 5.57 Å². The third-order valence-electron chi connectivity index (χ3n) is 6.11. The highest BCUT2D eigenvalue weighted by Gasteiger charge is 2.45. The van der Waals surface area contributed by atoms with Crippen LogP contribution in [0.1, 0.15) is 59.8 Å². The van der Waals surface area contributed by atoms with Crippen molar-refractivity contribution in [2.24, 2.45) is 23.2 Å². The van der Waals surface area contributed by atoms with Gasteiger partial charge in [-0.1, -0.05) is 25.2 Å². The van der Waals surface area contributed by atoms with Gasteiger partial charge in [-0.05, 0) is 70.1 Å². The molecular formula is C20H32O3. The molecule has 3 heteroatoms. The van der Waals surface area contributed by atoms with Crippen LogP contribution in [0.15, 0.2) is 24.8 Å². The third kappa shape index (κ3) is 3.71. The number of esters is 1. The lowest BCUT2D eigenvalue weighted by molar-refractivity contribution is -0.180. The Morgan fingerprint density at radius 1 is 1.39 bits per heavy atom. The number of cyclic esters (lactones) is 1. The van der Waals surface area contributed by atoms with Gasteiger partial charge in [0, 0.05) is 0 Å². The van der Waals surface area contributed by atoms with Crippen molar-refractivity contribution in [3.8, 4) is 0 Å². The molecule has 0 unspecified atom stereocenters. The first-order valence-electron chi connectivity index (χ1n) is 8.80. The van der Waals surface area contributed by atoms with Crippen LogP contribution in [0.2, 0.25) is 0 Å². The highest BCUT2D eigenvalue weighted by Crippen LogP contribution is 2.50. The van der Waals surface area contributed by atoms with Gasteiger partial charge in [-0.25, -0.2) is 0 Å². The number of hydrogen-bond donors (Lipinski definition) is 1. The topological polar surface area (TPSA) is 46.5 Å². The molecule has 1 saturated heterocycles. The van der Waals surface area contributed by atoms with Crippen molar-refractivity contribution in [1.82, 2.24) is 0 Å². The fourth-order valence-electron chi connectivity index (χ4n) is 4.40. The summed E-state index contributed by atoms with van der Waals surface area (Å²) in [5, 5.41) is 10.1. The summed E-state index contributed by atoms with van der Waals surface area (Å²) in [6, 6.07) is 0. The molecule has 23 heavy (non-hydrogen) atoms. The molecule has 2 fully saturated rings. The normalized spacial score (nSPS) is 38.7. The second-order valence-electron chi connectivity index (χ2n) is 8.41. The summed E-state index contributed by atoms with van der Waals surface area (Å²) in [5.41, 5.74) is 0.293. The minimum atomic E-state index is -0.963. The quantitative estimate of drug-likeness (QED) is 0.622. The Labute approximate surface area is 140 Å². The van der Waals surface area contributed by atoms with Crippen molar-refractivity contribution >= 4 is 5.97 Å². The van der Waals surface area contributed by atoms with E-state index in [9.17, 15) is 9.90 Å². The molecular weight excluding hydrogens is 288 g/mol. The second kappa shape index (κ2) is 6.43. The van der Waals surface area contributed by atoms with Crippen molar-refractivity contribution in [1.29, 1.82) is 0 Å². The van der Waals surface area contributed by atoms with E-state index in [1.54, 1.807) is 13.8 Å². The zero-order valence-corrected chi connectivity index (χ0v) is 15.1. The fourth-order valence-corrected chi connectivity index (χ4v) is 4.40. The van der Waals surface area contributed by atoms with Crippen LogP contribution in [0, 0.1) is 23.2 Å². The van der Waals surface area contributed by atoms with E-state index in [4.69, 9.17) is 4.74 Å². The van der Waals surface area contributed by atoms with Gasteiger partial charge in [-0.3, -0.25) is 4.79 Å². The van der Waals surface area contributed by atoms with Gasteiger partial charge in [0.2, 0.25) is 0 Å². The molecule has 0 radical (unpaired) electrons.